The molecule has 1 saturated heterocycles. The number of morpholine rings is 1. The molecule has 1 aliphatic heterocycles. The monoisotopic (exact) mass is 280 g/mol. The maximum Gasteiger partial charge on any atom is 0.123 e. The van der Waals surface area contributed by atoms with Gasteiger partial charge in [-0.2, -0.15) is 0 Å². The lowest BCUT2D eigenvalue weighted by atomic mass is 9.99. The van der Waals surface area contributed by atoms with E-state index < -0.39 is 0 Å². The second-order valence-electron chi connectivity index (χ2n) is 5.30. The molecule has 0 saturated carbocycles. The van der Waals surface area contributed by atoms with Gasteiger partial charge in [-0.25, -0.2) is 4.39 Å². The fourth-order valence-electron chi connectivity index (χ4n) is 2.81. The summed E-state index contributed by atoms with van der Waals surface area (Å²) in [5.74, 6) is -0.193. The maximum atomic E-state index is 13.1. The van der Waals surface area contributed by atoms with Gasteiger partial charge in [0.2, 0.25) is 0 Å². The third kappa shape index (κ3) is 4.01. The van der Waals surface area contributed by atoms with Crippen molar-refractivity contribution in [1.29, 1.82) is 0 Å². The summed E-state index contributed by atoms with van der Waals surface area (Å²) in [5.41, 5.74) is 1.09. The number of hydrogen-bond donors (Lipinski definition) is 1. The molecule has 2 unspecified atom stereocenters. The first-order valence-electron chi connectivity index (χ1n) is 7.57. The number of likely N-dealkylation sites (N-methyl/N-ethyl adjacent to an activating group) is 1. The number of ether oxygens (including phenoxy) is 1. The molecule has 1 fully saturated rings. The minimum atomic E-state index is -0.193. The summed E-state index contributed by atoms with van der Waals surface area (Å²) in [5, 5.41) is 3.48. The van der Waals surface area contributed by atoms with E-state index in [4.69, 9.17) is 4.74 Å². The second kappa shape index (κ2) is 7.72. The van der Waals surface area contributed by atoms with E-state index in [0.29, 0.717) is 0 Å². The van der Waals surface area contributed by atoms with Crippen LogP contribution in [0.1, 0.15) is 31.9 Å². The van der Waals surface area contributed by atoms with Gasteiger partial charge in [0.05, 0.1) is 18.8 Å². The zero-order chi connectivity index (χ0) is 14.4. The van der Waals surface area contributed by atoms with Crippen molar-refractivity contribution in [3.8, 4) is 0 Å². The van der Waals surface area contributed by atoms with Gasteiger partial charge in [-0.05, 0) is 37.2 Å². The Morgan fingerprint density at radius 3 is 2.75 bits per heavy atom. The van der Waals surface area contributed by atoms with E-state index in [2.05, 4.69) is 24.1 Å². The van der Waals surface area contributed by atoms with Crippen LogP contribution < -0.4 is 5.32 Å². The molecule has 0 spiro atoms. The summed E-state index contributed by atoms with van der Waals surface area (Å²) in [4.78, 5) is 2.45. The van der Waals surface area contributed by atoms with E-state index in [9.17, 15) is 4.39 Å². The van der Waals surface area contributed by atoms with Crippen LogP contribution in [0.2, 0.25) is 0 Å². The molecule has 1 aromatic rings. The van der Waals surface area contributed by atoms with Crippen molar-refractivity contribution in [2.75, 3.05) is 32.8 Å². The average molecular weight is 280 g/mol. The molecular weight excluding hydrogens is 255 g/mol. The van der Waals surface area contributed by atoms with Gasteiger partial charge >= 0.3 is 0 Å². The lowest BCUT2D eigenvalue weighted by molar-refractivity contribution is -0.0468. The summed E-state index contributed by atoms with van der Waals surface area (Å²) in [7, 11) is 0. The molecule has 20 heavy (non-hydrogen) atoms. The second-order valence-corrected chi connectivity index (χ2v) is 5.30. The van der Waals surface area contributed by atoms with Gasteiger partial charge in [0.1, 0.15) is 5.82 Å². The van der Waals surface area contributed by atoms with Crippen molar-refractivity contribution in [2.24, 2.45) is 0 Å². The van der Waals surface area contributed by atoms with E-state index in [1.165, 1.54) is 12.1 Å². The molecule has 0 radical (unpaired) electrons. The minimum absolute atomic E-state index is 0.125. The smallest absolute Gasteiger partial charge is 0.123 e. The molecule has 1 N–H and O–H groups in total. The minimum Gasteiger partial charge on any atom is -0.374 e. The number of nitrogens with zero attached hydrogens (tertiary/aromatic N) is 1. The molecule has 1 aromatic carbocycles. The van der Waals surface area contributed by atoms with E-state index in [-0.39, 0.29) is 18.0 Å². The van der Waals surface area contributed by atoms with Crippen LogP contribution in [0.3, 0.4) is 0 Å². The first kappa shape index (κ1) is 15.4. The van der Waals surface area contributed by atoms with Gasteiger partial charge in [-0.15, -0.1) is 0 Å². The average Bonchev–Trinajstić information content (AvgIpc) is 2.47. The van der Waals surface area contributed by atoms with Crippen LogP contribution >= 0.6 is 0 Å². The predicted octanol–water partition coefficient (Wildman–Crippen LogP) is 2.59. The standard InChI is InChI=1S/C16H25FN2O/c1-3-9-19-10-11-20-15(12-19)16(18-4-2)13-5-7-14(17)8-6-13/h5-8,15-16,18H,3-4,9-12H2,1-2H3. The first-order valence-corrected chi connectivity index (χ1v) is 7.57. The Morgan fingerprint density at radius 1 is 1.35 bits per heavy atom. The Hall–Kier alpha value is -0.970. The fraction of sp³-hybridized carbons (Fsp3) is 0.625. The Labute approximate surface area is 121 Å². The highest BCUT2D eigenvalue weighted by atomic mass is 19.1. The highest BCUT2D eigenvalue weighted by molar-refractivity contribution is 5.21. The molecule has 1 aliphatic rings. The van der Waals surface area contributed by atoms with Crippen LogP contribution in [0, 0.1) is 5.82 Å². The number of halogens is 1. The van der Waals surface area contributed by atoms with Crippen LogP contribution in [0.4, 0.5) is 4.39 Å². The zero-order valence-electron chi connectivity index (χ0n) is 12.4. The Kier molecular flexibility index (Phi) is 5.95. The Balaban J connectivity index is 2.09. The molecular formula is C16H25FN2O. The lowest BCUT2D eigenvalue weighted by Gasteiger charge is -2.37. The van der Waals surface area contributed by atoms with Crippen LogP contribution in [0.5, 0.6) is 0 Å². The van der Waals surface area contributed by atoms with Crippen molar-refractivity contribution < 1.29 is 9.13 Å². The number of nitrogens with one attached hydrogen (secondary N) is 1. The molecule has 1 heterocycles. The third-order valence-electron chi connectivity index (χ3n) is 3.74. The van der Waals surface area contributed by atoms with Gasteiger partial charge in [0.25, 0.3) is 0 Å². The molecule has 112 valence electrons. The Morgan fingerprint density at radius 2 is 2.10 bits per heavy atom. The lowest BCUT2D eigenvalue weighted by Crippen LogP contribution is -2.48. The van der Waals surface area contributed by atoms with Crippen LogP contribution in [-0.4, -0.2) is 43.8 Å². The van der Waals surface area contributed by atoms with E-state index in [1.54, 1.807) is 0 Å². The normalized spacial score (nSPS) is 21.9. The van der Waals surface area contributed by atoms with Gasteiger partial charge in [-0.1, -0.05) is 26.0 Å². The molecule has 2 atom stereocenters. The van der Waals surface area contributed by atoms with Crippen molar-refractivity contribution in [1.82, 2.24) is 10.2 Å². The van der Waals surface area contributed by atoms with Crippen molar-refractivity contribution in [2.45, 2.75) is 32.4 Å². The topological polar surface area (TPSA) is 24.5 Å². The molecule has 3 nitrogen and oxygen atoms in total. The van der Waals surface area contributed by atoms with Crippen molar-refractivity contribution in [3.63, 3.8) is 0 Å². The molecule has 0 aromatic heterocycles. The van der Waals surface area contributed by atoms with E-state index in [1.807, 2.05) is 12.1 Å². The van der Waals surface area contributed by atoms with Crippen LogP contribution in [-0.2, 0) is 4.74 Å². The summed E-state index contributed by atoms with van der Waals surface area (Å²) in [6.45, 7) is 8.98. The quantitative estimate of drug-likeness (QED) is 0.867. The third-order valence-corrected chi connectivity index (χ3v) is 3.74. The summed E-state index contributed by atoms with van der Waals surface area (Å²) >= 11 is 0. The van der Waals surface area contributed by atoms with Gasteiger partial charge < -0.3 is 10.1 Å². The summed E-state index contributed by atoms with van der Waals surface area (Å²) < 4.78 is 19.0. The van der Waals surface area contributed by atoms with Gasteiger partial charge in [-0.3, -0.25) is 4.90 Å². The molecule has 0 aliphatic carbocycles. The van der Waals surface area contributed by atoms with E-state index in [0.717, 1.165) is 44.8 Å². The SMILES string of the molecule is CCCN1CCOC(C(NCC)c2ccc(F)cc2)C1. The van der Waals surface area contributed by atoms with Gasteiger partial charge in [0.15, 0.2) is 0 Å². The molecule has 2 rings (SSSR count). The van der Waals surface area contributed by atoms with Crippen molar-refractivity contribution >= 4 is 0 Å². The molecule has 4 heteroatoms. The zero-order valence-corrected chi connectivity index (χ0v) is 12.4. The van der Waals surface area contributed by atoms with Crippen molar-refractivity contribution in [3.05, 3.63) is 35.6 Å². The first-order chi connectivity index (χ1) is 9.74. The number of hydrogen-bond acceptors (Lipinski definition) is 3. The van der Waals surface area contributed by atoms with Crippen LogP contribution in [0.15, 0.2) is 24.3 Å². The molecule has 0 bridgehead atoms. The maximum absolute atomic E-state index is 13.1. The fourth-order valence-corrected chi connectivity index (χ4v) is 2.81. The summed E-state index contributed by atoms with van der Waals surface area (Å²) in [6.07, 6.45) is 1.29. The number of rotatable bonds is 6. The van der Waals surface area contributed by atoms with E-state index >= 15 is 0 Å². The Bertz CT molecular complexity index is 394. The molecule has 0 amide bonds. The summed E-state index contributed by atoms with van der Waals surface area (Å²) in [6, 6.07) is 6.87. The highest BCUT2D eigenvalue weighted by Gasteiger charge is 2.28. The number of benzene rings is 1. The van der Waals surface area contributed by atoms with Crippen LogP contribution in [0.25, 0.3) is 0 Å². The largest absolute Gasteiger partial charge is 0.374 e. The highest BCUT2D eigenvalue weighted by Crippen LogP contribution is 2.23. The van der Waals surface area contributed by atoms with Gasteiger partial charge in [0, 0.05) is 13.1 Å². The predicted molar refractivity (Wildman–Crippen MR) is 79.3 cm³/mol.